The molecule has 0 bridgehead atoms. The van der Waals surface area contributed by atoms with Crippen molar-refractivity contribution in [1.29, 1.82) is 0 Å². The first kappa shape index (κ1) is 21.6. The normalized spacial score (nSPS) is 14.5. The van der Waals surface area contributed by atoms with Gasteiger partial charge in [0.2, 0.25) is 5.95 Å². The average molecular weight is 462 g/mol. The number of aromatic nitrogens is 4. The van der Waals surface area contributed by atoms with Gasteiger partial charge >= 0.3 is 0 Å². The summed E-state index contributed by atoms with van der Waals surface area (Å²) in [7, 11) is 0. The summed E-state index contributed by atoms with van der Waals surface area (Å²) in [5.74, 6) is 0.529. The van der Waals surface area contributed by atoms with Gasteiger partial charge in [-0.3, -0.25) is 14.3 Å². The van der Waals surface area contributed by atoms with E-state index in [1.54, 1.807) is 17.0 Å². The van der Waals surface area contributed by atoms with Crippen LogP contribution in [0.4, 0.5) is 5.95 Å². The fourth-order valence-corrected chi connectivity index (χ4v) is 4.45. The highest BCUT2D eigenvalue weighted by molar-refractivity contribution is 6.33. The Bertz CT molecular complexity index is 1350. The molecular formula is C25H24ClN5O2. The van der Waals surface area contributed by atoms with Crippen molar-refractivity contribution in [1.82, 2.24) is 19.5 Å². The van der Waals surface area contributed by atoms with Crippen LogP contribution in [-0.2, 0) is 11.3 Å². The molecule has 5 rings (SSSR count). The number of hydrogen-bond acceptors (Lipinski definition) is 6. The van der Waals surface area contributed by atoms with E-state index < -0.39 is 0 Å². The summed E-state index contributed by atoms with van der Waals surface area (Å²) in [4.78, 5) is 27.0. The second kappa shape index (κ2) is 9.29. The maximum absolute atomic E-state index is 13.4. The first-order chi connectivity index (χ1) is 16.1. The summed E-state index contributed by atoms with van der Waals surface area (Å²) < 4.78 is 7.09. The minimum Gasteiger partial charge on any atom is -0.381 e. The second-order valence-electron chi connectivity index (χ2n) is 8.02. The molecule has 1 N–H and O–H groups in total. The third kappa shape index (κ3) is 4.34. The quantitative estimate of drug-likeness (QED) is 0.460. The predicted molar refractivity (Wildman–Crippen MR) is 131 cm³/mol. The van der Waals surface area contributed by atoms with E-state index in [-0.39, 0.29) is 11.6 Å². The highest BCUT2D eigenvalue weighted by atomic mass is 35.5. The molecule has 0 spiro atoms. The summed E-state index contributed by atoms with van der Waals surface area (Å²) in [5, 5.41) is 4.66. The molecule has 0 unspecified atom stereocenters. The van der Waals surface area contributed by atoms with Crippen LogP contribution in [0.25, 0.3) is 33.4 Å². The zero-order chi connectivity index (χ0) is 22.8. The molecule has 168 valence electrons. The van der Waals surface area contributed by atoms with Crippen LogP contribution in [0.2, 0.25) is 5.02 Å². The van der Waals surface area contributed by atoms with Crippen LogP contribution in [0.1, 0.15) is 19.8 Å². The number of aryl methyl sites for hydroxylation is 1. The van der Waals surface area contributed by atoms with Crippen molar-refractivity contribution in [2.45, 2.75) is 32.4 Å². The molecule has 1 aliphatic heterocycles. The Balaban J connectivity index is 1.54. The lowest BCUT2D eigenvalue weighted by Crippen LogP contribution is -2.29. The van der Waals surface area contributed by atoms with E-state index in [9.17, 15) is 4.79 Å². The van der Waals surface area contributed by atoms with Crippen LogP contribution in [0.5, 0.6) is 0 Å². The van der Waals surface area contributed by atoms with Gasteiger partial charge in [0.25, 0.3) is 5.56 Å². The molecule has 1 fully saturated rings. The molecule has 0 amide bonds. The van der Waals surface area contributed by atoms with Gasteiger partial charge in [-0.1, -0.05) is 29.8 Å². The molecule has 0 atom stereocenters. The molecule has 0 aliphatic carbocycles. The van der Waals surface area contributed by atoms with E-state index in [0.29, 0.717) is 34.3 Å². The Labute approximate surface area is 196 Å². The molecular weight excluding hydrogens is 438 g/mol. The summed E-state index contributed by atoms with van der Waals surface area (Å²) in [5.41, 5.74) is 3.40. The highest BCUT2D eigenvalue weighted by Crippen LogP contribution is 2.31. The van der Waals surface area contributed by atoms with Crippen LogP contribution in [-0.4, -0.2) is 38.8 Å². The number of hydrogen-bond donors (Lipinski definition) is 1. The van der Waals surface area contributed by atoms with Crippen molar-refractivity contribution in [2.24, 2.45) is 0 Å². The number of anilines is 1. The van der Waals surface area contributed by atoms with Crippen molar-refractivity contribution in [2.75, 3.05) is 18.5 Å². The smallest absolute Gasteiger partial charge is 0.260 e. The van der Waals surface area contributed by atoms with Gasteiger partial charge in [-0.2, -0.15) is 4.98 Å². The first-order valence-electron chi connectivity index (χ1n) is 11.1. The Morgan fingerprint density at radius 1 is 1.12 bits per heavy atom. The van der Waals surface area contributed by atoms with Crippen LogP contribution in [0.3, 0.4) is 0 Å². The van der Waals surface area contributed by atoms with Crippen LogP contribution in [0.15, 0.2) is 59.7 Å². The number of rotatable bonds is 5. The largest absolute Gasteiger partial charge is 0.381 e. The summed E-state index contributed by atoms with van der Waals surface area (Å²) in [6.07, 6.45) is 5.32. The van der Waals surface area contributed by atoms with Crippen molar-refractivity contribution >= 4 is 28.6 Å². The molecule has 1 aromatic carbocycles. The maximum atomic E-state index is 13.4. The molecule has 33 heavy (non-hydrogen) atoms. The summed E-state index contributed by atoms with van der Waals surface area (Å²) in [6, 6.07) is 13.5. The Hall–Kier alpha value is -3.29. The van der Waals surface area contributed by atoms with Gasteiger partial charge in [0.05, 0.1) is 5.69 Å². The van der Waals surface area contributed by atoms with E-state index >= 15 is 0 Å². The fourth-order valence-electron chi connectivity index (χ4n) is 4.17. The lowest BCUT2D eigenvalue weighted by atomic mass is 10.0. The third-order valence-corrected chi connectivity index (χ3v) is 6.23. The minimum atomic E-state index is -0.131. The molecule has 1 aliphatic rings. The number of pyridine rings is 2. The van der Waals surface area contributed by atoms with Gasteiger partial charge in [-0.15, -0.1) is 0 Å². The molecule has 1 saturated heterocycles. The second-order valence-corrected chi connectivity index (χ2v) is 8.43. The maximum Gasteiger partial charge on any atom is 0.260 e. The van der Waals surface area contributed by atoms with Gasteiger partial charge in [0.1, 0.15) is 5.65 Å². The predicted octanol–water partition coefficient (Wildman–Crippen LogP) is 4.78. The lowest BCUT2D eigenvalue weighted by Gasteiger charge is -2.23. The molecule has 3 aromatic heterocycles. The standard InChI is InChI=1S/C25H24ClN5O2/c1-2-31-23-17(15-28-25(30-23)29-18-8-11-33-12-9-18)13-20(24(31)32)19-7-6-16(14-21(19)26)22-5-3-4-10-27-22/h3-7,10,13-15,18H,2,8-9,11-12H2,1H3,(H,28,29,30). The molecule has 0 radical (unpaired) electrons. The zero-order valence-electron chi connectivity index (χ0n) is 18.3. The number of nitrogens with zero attached hydrogens (tertiary/aromatic N) is 4. The molecule has 4 heterocycles. The fraction of sp³-hybridized carbons (Fsp3) is 0.280. The molecule has 4 aromatic rings. The number of nitrogens with one attached hydrogen (secondary N) is 1. The van der Waals surface area contributed by atoms with Crippen molar-refractivity contribution in [3.8, 4) is 22.4 Å². The Kier molecular flexibility index (Phi) is 6.07. The topological polar surface area (TPSA) is 81.9 Å². The summed E-state index contributed by atoms with van der Waals surface area (Å²) >= 11 is 6.64. The number of ether oxygens (including phenoxy) is 1. The van der Waals surface area contributed by atoms with Crippen LogP contribution in [0, 0.1) is 0 Å². The van der Waals surface area contributed by atoms with Gasteiger partial charge in [-0.05, 0) is 44.0 Å². The van der Waals surface area contributed by atoms with Crippen molar-refractivity contribution in [3.05, 3.63) is 70.2 Å². The van der Waals surface area contributed by atoms with Gasteiger partial charge in [0, 0.05) is 65.3 Å². The van der Waals surface area contributed by atoms with Gasteiger partial charge < -0.3 is 10.1 Å². The number of halogens is 1. The zero-order valence-corrected chi connectivity index (χ0v) is 19.0. The van der Waals surface area contributed by atoms with E-state index in [0.717, 1.165) is 42.7 Å². The third-order valence-electron chi connectivity index (χ3n) is 5.92. The average Bonchev–Trinajstić information content (AvgIpc) is 2.85. The van der Waals surface area contributed by atoms with Crippen molar-refractivity contribution in [3.63, 3.8) is 0 Å². The highest BCUT2D eigenvalue weighted by Gasteiger charge is 2.18. The number of benzene rings is 1. The number of fused-ring (bicyclic) bond motifs is 1. The van der Waals surface area contributed by atoms with Crippen LogP contribution >= 0.6 is 11.6 Å². The monoisotopic (exact) mass is 461 g/mol. The van der Waals surface area contributed by atoms with Gasteiger partial charge in [-0.25, -0.2) is 4.98 Å². The van der Waals surface area contributed by atoms with Crippen LogP contribution < -0.4 is 10.9 Å². The molecule has 7 nitrogen and oxygen atoms in total. The summed E-state index contributed by atoms with van der Waals surface area (Å²) in [6.45, 7) is 3.88. The SMILES string of the molecule is CCn1c(=O)c(-c2ccc(-c3ccccn3)cc2Cl)cc2cnc(NC3CCOCC3)nc21. The van der Waals surface area contributed by atoms with Crippen molar-refractivity contribution < 1.29 is 4.74 Å². The minimum absolute atomic E-state index is 0.131. The lowest BCUT2D eigenvalue weighted by molar-refractivity contribution is 0.0903. The van der Waals surface area contributed by atoms with E-state index in [4.69, 9.17) is 16.3 Å². The van der Waals surface area contributed by atoms with E-state index in [1.165, 1.54) is 0 Å². The molecule has 8 heteroatoms. The Morgan fingerprint density at radius 2 is 1.97 bits per heavy atom. The molecule has 0 saturated carbocycles. The Morgan fingerprint density at radius 3 is 2.70 bits per heavy atom. The van der Waals surface area contributed by atoms with Gasteiger partial charge in [0.15, 0.2) is 0 Å². The van der Waals surface area contributed by atoms with E-state index in [2.05, 4.69) is 20.3 Å². The van der Waals surface area contributed by atoms with E-state index in [1.807, 2.05) is 49.4 Å². The first-order valence-corrected chi connectivity index (χ1v) is 11.5.